The third kappa shape index (κ3) is 2.83. The highest BCUT2D eigenvalue weighted by molar-refractivity contribution is 6.00. The lowest BCUT2D eigenvalue weighted by Gasteiger charge is -2.22. The zero-order valence-corrected chi connectivity index (χ0v) is 12.6. The number of carbonyl (C=O) groups excluding carboxylic acids is 1. The van der Waals surface area contributed by atoms with Crippen LogP contribution in [0.3, 0.4) is 0 Å². The number of fused-ring (bicyclic) bond motifs is 1. The number of hydrogen-bond acceptors (Lipinski definition) is 4. The van der Waals surface area contributed by atoms with Crippen molar-refractivity contribution in [3.8, 4) is 0 Å². The normalized spacial score (nSPS) is 13.2. The van der Waals surface area contributed by atoms with Gasteiger partial charge in [-0.15, -0.1) is 0 Å². The molecule has 0 unspecified atom stereocenters. The molecule has 0 bridgehead atoms. The number of carboxylic acid groups (broad SMARTS) is 1. The highest BCUT2D eigenvalue weighted by Crippen LogP contribution is 2.31. The third-order valence-electron chi connectivity index (χ3n) is 4.01. The summed E-state index contributed by atoms with van der Waals surface area (Å²) in [5, 5.41) is 20.3. The maximum atomic E-state index is 11.9. The van der Waals surface area contributed by atoms with Crippen LogP contribution in [0.5, 0.6) is 0 Å². The maximum Gasteiger partial charge on any atom is 0.416 e. The Labute approximate surface area is 137 Å². The third-order valence-corrected chi connectivity index (χ3v) is 4.01. The van der Waals surface area contributed by atoms with Crippen LogP contribution in [-0.2, 0) is 6.42 Å². The van der Waals surface area contributed by atoms with Gasteiger partial charge in [0.15, 0.2) is 5.78 Å². The van der Waals surface area contributed by atoms with Crippen LogP contribution in [0.25, 0.3) is 0 Å². The van der Waals surface area contributed by atoms with E-state index in [4.69, 9.17) is 0 Å². The average Bonchev–Trinajstić information content (AvgIpc) is 2.55. The van der Waals surface area contributed by atoms with Gasteiger partial charge in [0.2, 0.25) is 0 Å². The molecule has 0 saturated heterocycles. The minimum Gasteiger partial charge on any atom is -0.464 e. The van der Waals surface area contributed by atoms with Crippen LogP contribution in [0.15, 0.2) is 42.5 Å². The van der Waals surface area contributed by atoms with Crippen LogP contribution in [0.1, 0.15) is 28.8 Å². The number of benzene rings is 2. The van der Waals surface area contributed by atoms with Crippen molar-refractivity contribution in [2.45, 2.75) is 19.3 Å². The number of non-ortho nitro benzene ring substituents is 1. The molecule has 24 heavy (non-hydrogen) atoms. The lowest BCUT2D eigenvalue weighted by Crippen LogP contribution is -2.24. The fourth-order valence-corrected chi connectivity index (χ4v) is 2.87. The topological polar surface area (TPSA) is 101 Å². The molecule has 7 nitrogen and oxygen atoms in total. The number of carbonyl (C=O) groups is 2. The number of Topliss-reactive ketones (excluding diaryl/α,β-unsaturated/α-hetero) is 1. The van der Waals surface area contributed by atoms with Crippen LogP contribution in [-0.4, -0.2) is 21.9 Å². The van der Waals surface area contributed by atoms with Gasteiger partial charge in [0.1, 0.15) is 0 Å². The standard InChI is InChI=1S/C17H14N2O5/c20-16-3-1-2-11-10-14(8-9-15(11)16)18(17(21)22)12-4-6-13(7-5-12)19(23)24/h4-10H,1-3H2,(H,21,22). The number of nitrogens with zero attached hydrogens (tertiary/aromatic N) is 2. The number of hydrogen-bond donors (Lipinski definition) is 1. The Morgan fingerprint density at radius 3 is 2.38 bits per heavy atom. The lowest BCUT2D eigenvalue weighted by atomic mass is 9.90. The van der Waals surface area contributed by atoms with Crippen LogP contribution >= 0.6 is 0 Å². The van der Waals surface area contributed by atoms with Crippen molar-refractivity contribution in [2.75, 3.05) is 4.90 Å². The predicted octanol–water partition coefficient (Wildman–Crippen LogP) is 3.93. The van der Waals surface area contributed by atoms with E-state index in [1.807, 2.05) is 0 Å². The molecule has 1 aliphatic carbocycles. The molecule has 1 N–H and O–H groups in total. The smallest absolute Gasteiger partial charge is 0.416 e. The maximum absolute atomic E-state index is 11.9. The highest BCUT2D eigenvalue weighted by atomic mass is 16.6. The number of nitro groups is 1. The van der Waals surface area contributed by atoms with Gasteiger partial charge in [0, 0.05) is 24.1 Å². The summed E-state index contributed by atoms with van der Waals surface area (Å²) in [7, 11) is 0. The summed E-state index contributed by atoms with van der Waals surface area (Å²) in [6, 6.07) is 10.2. The molecule has 2 aromatic carbocycles. The van der Waals surface area contributed by atoms with E-state index in [0.29, 0.717) is 23.4 Å². The Hall–Kier alpha value is -3.22. The molecule has 1 aliphatic rings. The second-order valence-corrected chi connectivity index (χ2v) is 5.51. The summed E-state index contributed by atoms with van der Waals surface area (Å²) in [5.41, 5.74) is 2.07. The van der Waals surface area contributed by atoms with Crippen LogP contribution < -0.4 is 4.90 Å². The van der Waals surface area contributed by atoms with Crippen molar-refractivity contribution in [3.63, 3.8) is 0 Å². The van der Waals surface area contributed by atoms with Gasteiger partial charge in [-0.3, -0.25) is 14.9 Å². The number of amides is 1. The van der Waals surface area contributed by atoms with Gasteiger partial charge in [-0.05, 0) is 48.7 Å². The zero-order chi connectivity index (χ0) is 17.3. The van der Waals surface area contributed by atoms with Gasteiger partial charge in [0.25, 0.3) is 5.69 Å². The minimum absolute atomic E-state index is 0.0695. The Balaban J connectivity index is 2.01. The van der Waals surface area contributed by atoms with Gasteiger partial charge in [0.05, 0.1) is 16.3 Å². The van der Waals surface area contributed by atoms with Crippen LogP contribution in [0.2, 0.25) is 0 Å². The summed E-state index contributed by atoms with van der Waals surface area (Å²) < 4.78 is 0. The Morgan fingerprint density at radius 2 is 1.75 bits per heavy atom. The number of aryl methyl sites for hydroxylation is 1. The van der Waals surface area contributed by atoms with Gasteiger partial charge in [-0.25, -0.2) is 9.69 Å². The molecule has 0 radical (unpaired) electrons. The molecule has 0 atom stereocenters. The van der Waals surface area contributed by atoms with Gasteiger partial charge in [-0.1, -0.05) is 0 Å². The number of nitro benzene ring substituents is 1. The van der Waals surface area contributed by atoms with E-state index in [9.17, 15) is 24.8 Å². The van der Waals surface area contributed by atoms with Crippen LogP contribution in [0.4, 0.5) is 21.9 Å². The largest absolute Gasteiger partial charge is 0.464 e. The van der Waals surface area contributed by atoms with Gasteiger partial charge in [-0.2, -0.15) is 0 Å². The molecule has 0 heterocycles. The van der Waals surface area contributed by atoms with E-state index in [1.165, 1.54) is 24.3 Å². The quantitative estimate of drug-likeness (QED) is 0.680. The summed E-state index contributed by atoms with van der Waals surface area (Å²) >= 11 is 0. The molecule has 0 spiro atoms. The van der Waals surface area contributed by atoms with E-state index in [1.54, 1.807) is 18.2 Å². The van der Waals surface area contributed by atoms with E-state index in [-0.39, 0.29) is 11.5 Å². The van der Waals surface area contributed by atoms with Crippen molar-refractivity contribution < 1.29 is 19.6 Å². The van der Waals surface area contributed by atoms with E-state index in [0.717, 1.165) is 23.3 Å². The highest BCUT2D eigenvalue weighted by Gasteiger charge is 2.22. The molecule has 2 aromatic rings. The molecule has 0 saturated carbocycles. The Morgan fingerprint density at radius 1 is 1.08 bits per heavy atom. The average molecular weight is 326 g/mol. The molecule has 0 fully saturated rings. The first-order valence-corrected chi connectivity index (χ1v) is 7.41. The van der Waals surface area contributed by atoms with E-state index in [2.05, 4.69) is 0 Å². The first-order chi connectivity index (χ1) is 11.5. The van der Waals surface area contributed by atoms with Crippen LogP contribution in [0, 0.1) is 10.1 Å². The number of anilines is 2. The van der Waals surface area contributed by atoms with Crippen molar-refractivity contribution >= 4 is 28.9 Å². The van der Waals surface area contributed by atoms with E-state index < -0.39 is 11.0 Å². The first-order valence-electron chi connectivity index (χ1n) is 7.41. The zero-order valence-electron chi connectivity index (χ0n) is 12.6. The second-order valence-electron chi connectivity index (χ2n) is 5.51. The van der Waals surface area contributed by atoms with Gasteiger partial charge < -0.3 is 5.11 Å². The van der Waals surface area contributed by atoms with E-state index >= 15 is 0 Å². The summed E-state index contributed by atoms with van der Waals surface area (Å²) in [4.78, 5) is 34.8. The molecule has 7 heteroatoms. The summed E-state index contributed by atoms with van der Waals surface area (Å²) in [6.07, 6.45) is 0.783. The predicted molar refractivity (Wildman–Crippen MR) is 87.0 cm³/mol. The van der Waals surface area contributed by atoms with Crippen molar-refractivity contribution in [3.05, 3.63) is 63.7 Å². The summed E-state index contributed by atoms with van der Waals surface area (Å²) in [6.45, 7) is 0. The SMILES string of the molecule is O=C1CCCc2cc(N(C(=O)O)c3ccc([N+](=O)[O-])cc3)ccc21. The molecule has 0 aromatic heterocycles. The summed E-state index contributed by atoms with van der Waals surface area (Å²) in [5.74, 6) is 0.0695. The monoisotopic (exact) mass is 326 g/mol. The number of rotatable bonds is 3. The van der Waals surface area contributed by atoms with Crippen molar-refractivity contribution in [1.29, 1.82) is 0 Å². The first kappa shape index (κ1) is 15.7. The van der Waals surface area contributed by atoms with Crippen molar-refractivity contribution in [1.82, 2.24) is 0 Å². The molecule has 0 aliphatic heterocycles. The Bertz CT molecular complexity index is 829. The Kier molecular flexibility index (Phi) is 3.99. The lowest BCUT2D eigenvalue weighted by molar-refractivity contribution is -0.384. The number of ketones is 1. The fraction of sp³-hybridized carbons (Fsp3) is 0.176. The molecular weight excluding hydrogens is 312 g/mol. The molecule has 1 amide bonds. The minimum atomic E-state index is -1.20. The van der Waals surface area contributed by atoms with Gasteiger partial charge >= 0.3 is 6.09 Å². The molecular formula is C17H14N2O5. The molecule has 3 rings (SSSR count). The van der Waals surface area contributed by atoms with Crippen molar-refractivity contribution in [2.24, 2.45) is 0 Å². The molecule has 122 valence electrons. The second kappa shape index (κ2) is 6.11. The fourth-order valence-electron chi connectivity index (χ4n) is 2.87.